The van der Waals surface area contributed by atoms with Crippen LogP contribution < -0.4 is 0 Å². The molecular formula is C20H22Cl2N2O3S. The number of halogens is 2. The van der Waals surface area contributed by atoms with Gasteiger partial charge >= 0.3 is 0 Å². The van der Waals surface area contributed by atoms with E-state index in [0.29, 0.717) is 13.1 Å². The van der Waals surface area contributed by atoms with Crippen LogP contribution >= 0.6 is 23.2 Å². The fourth-order valence-corrected chi connectivity index (χ4v) is 4.96. The molecule has 0 aromatic heterocycles. The molecule has 5 nitrogen and oxygen atoms in total. The minimum atomic E-state index is -3.93. The number of hydrogen-bond donors (Lipinski definition) is 0. The molecule has 0 N–H and O–H groups in total. The van der Waals surface area contributed by atoms with Crippen molar-refractivity contribution in [3.05, 3.63) is 64.1 Å². The summed E-state index contributed by atoms with van der Waals surface area (Å²) in [4.78, 5) is 14.5. The third-order valence-corrected chi connectivity index (χ3v) is 7.28. The van der Waals surface area contributed by atoms with E-state index in [-0.39, 0.29) is 33.9 Å². The lowest BCUT2D eigenvalue weighted by atomic mass is 10.1. The van der Waals surface area contributed by atoms with E-state index in [1.807, 2.05) is 30.3 Å². The van der Waals surface area contributed by atoms with Crippen LogP contribution in [-0.4, -0.2) is 43.2 Å². The van der Waals surface area contributed by atoms with Crippen LogP contribution in [0.2, 0.25) is 10.0 Å². The Balaban J connectivity index is 1.89. The highest BCUT2D eigenvalue weighted by Crippen LogP contribution is 2.27. The van der Waals surface area contributed by atoms with Crippen LogP contribution in [0.3, 0.4) is 0 Å². The van der Waals surface area contributed by atoms with Crippen molar-refractivity contribution in [1.82, 2.24) is 9.21 Å². The van der Waals surface area contributed by atoms with Gasteiger partial charge in [0.2, 0.25) is 15.9 Å². The number of nitrogens with zero attached hydrogens (tertiary/aromatic N) is 2. The molecule has 2 aromatic rings. The Kier molecular flexibility index (Phi) is 6.99. The molecule has 0 radical (unpaired) electrons. The highest BCUT2D eigenvalue weighted by Gasteiger charge is 2.29. The summed E-state index contributed by atoms with van der Waals surface area (Å²) >= 11 is 11.9. The Labute approximate surface area is 175 Å². The van der Waals surface area contributed by atoms with E-state index in [1.54, 1.807) is 4.90 Å². The molecule has 0 bridgehead atoms. The number of benzene rings is 2. The average Bonchev–Trinajstić information content (AvgIpc) is 2.71. The van der Waals surface area contributed by atoms with E-state index >= 15 is 0 Å². The van der Waals surface area contributed by atoms with Crippen molar-refractivity contribution in [2.24, 2.45) is 0 Å². The normalized spacial score (nSPS) is 15.0. The van der Waals surface area contributed by atoms with Gasteiger partial charge in [-0.1, -0.05) is 53.5 Å². The number of amides is 1. The lowest BCUT2D eigenvalue weighted by Crippen LogP contribution is -2.44. The van der Waals surface area contributed by atoms with Gasteiger partial charge < -0.3 is 4.90 Å². The molecule has 1 aliphatic rings. The molecule has 1 saturated heterocycles. The van der Waals surface area contributed by atoms with Crippen LogP contribution in [0.1, 0.15) is 24.8 Å². The molecule has 1 amide bonds. The van der Waals surface area contributed by atoms with E-state index in [2.05, 4.69) is 0 Å². The fraction of sp³-hybridized carbons (Fsp3) is 0.350. The van der Waals surface area contributed by atoms with Crippen molar-refractivity contribution in [1.29, 1.82) is 0 Å². The Morgan fingerprint density at radius 3 is 2.29 bits per heavy atom. The largest absolute Gasteiger partial charge is 0.342 e. The van der Waals surface area contributed by atoms with Crippen LogP contribution in [0.4, 0.5) is 0 Å². The summed E-state index contributed by atoms with van der Waals surface area (Å²) in [6, 6.07) is 13.4. The number of rotatable bonds is 6. The lowest BCUT2D eigenvalue weighted by Gasteiger charge is -2.29. The lowest BCUT2D eigenvalue weighted by molar-refractivity contribution is -0.132. The molecule has 2 aromatic carbocycles. The van der Waals surface area contributed by atoms with E-state index in [9.17, 15) is 13.2 Å². The van der Waals surface area contributed by atoms with Gasteiger partial charge in [-0.2, -0.15) is 4.31 Å². The Hall–Kier alpha value is -1.60. The van der Waals surface area contributed by atoms with Crippen LogP contribution in [0, 0.1) is 0 Å². The maximum atomic E-state index is 13.3. The standard InChI is InChI=1S/C20H22Cl2N2O3S/c21-18-10-9-17(13-19(18)22)28(26,27)24(14-16-7-3-1-4-8-16)15-20(25)23-11-5-2-6-12-23/h1,3-4,7-10,13H,2,5-6,11-12,14-15H2. The summed E-state index contributed by atoms with van der Waals surface area (Å²) in [5, 5.41) is 0.435. The number of sulfonamides is 1. The molecule has 0 aliphatic carbocycles. The predicted molar refractivity (Wildman–Crippen MR) is 111 cm³/mol. The third kappa shape index (κ3) is 5.06. The van der Waals surface area contributed by atoms with E-state index < -0.39 is 10.0 Å². The van der Waals surface area contributed by atoms with Crippen molar-refractivity contribution < 1.29 is 13.2 Å². The summed E-state index contributed by atoms with van der Waals surface area (Å²) in [5.41, 5.74) is 0.803. The van der Waals surface area contributed by atoms with Crippen LogP contribution in [0.15, 0.2) is 53.4 Å². The highest BCUT2D eigenvalue weighted by molar-refractivity contribution is 7.89. The molecule has 0 atom stereocenters. The second kappa shape index (κ2) is 9.27. The minimum Gasteiger partial charge on any atom is -0.342 e. The smallest absolute Gasteiger partial charge is 0.243 e. The molecule has 28 heavy (non-hydrogen) atoms. The first kappa shape index (κ1) is 21.1. The molecule has 3 rings (SSSR count). The second-order valence-electron chi connectivity index (χ2n) is 6.78. The van der Waals surface area contributed by atoms with Gasteiger partial charge in [0.05, 0.1) is 21.5 Å². The number of likely N-dealkylation sites (tertiary alicyclic amines) is 1. The molecule has 150 valence electrons. The molecule has 0 unspecified atom stereocenters. The van der Waals surface area contributed by atoms with Gasteiger partial charge in [0.1, 0.15) is 0 Å². The molecule has 8 heteroatoms. The van der Waals surface area contributed by atoms with Gasteiger partial charge in [0.15, 0.2) is 0 Å². The maximum absolute atomic E-state index is 13.3. The summed E-state index contributed by atoms with van der Waals surface area (Å²) in [6.45, 7) is 1.23. The zero-order valence-corrected chi connectivity index (χ0v) is 17.7. The van der Waals surface area contributed by atoms with Gasteiger partial charge in [-0.25, -0.2) is 8.42 Å². The monoisotopic (exact) mass is 440 g/mol. The first-order valence-corrected chi connectivity index (χ1v) is 11.3. The Bertz CT molecular complexity index is 930. The predicted octanol–water partition coefficient (Wildman–Crippen LogP) is 4.20. The van der Waals surface area contributed by atoms with Gasteiger partial charge in [-0.05, 0) is 43.0 Å². The highest BCUT2D eigenvalue weighted by atomic mass is 35.5. The van der Waals surface area contributed by atoms with Gasteiger partial charge in [-0.3, -0.25) is 4.79 Å². The van der Waals surface area contributed by atoms with Gasteiger partial charge in [0, 0.05) is 19.6 Å². The first-order valence-electron chi connectivity index (χ1n) is 9.15. The first-order chi connectivity index (χ1) is 13.4. The quantitative estimate of drug-likeness (QED) is 0.675. The van der Waals surface area contributed by atoms with Crippen molar-refractivity contribution in [3.63, 3.8) is 0 Å². The minimum absolute atomic E-state index is 0.0178. The Morgan fingerprint density at radius 2 is 1.64 bits per heavy atom. The SMILES string of the molecule is O=C(CN(Cc1ccccc1)S(=O)(=O)c1ccc(Cl)c(Cl)c1)N1CCCCC1. The van der Waals surface area contributed by atoms with E-state index in [0.717, 1.165) is 24.8 Å². The summed E-state index contributed by atoms with van der Waals surface area (Å²) in [7, 11) is -3.93. The summed E-state index contributed by atoms with van der Waals surface area (Å²) in [5.74, 6) is -0.181. The molecular weight excluding hydrogens is 419 g/mol. The van der Waals surface area contributed by atoms with Gasteiger partial charge in [-0.15, -0.1) is 0 Å². The molecule has 1 aliphatic heterocycles. The summed E-state index contributed by atoms with van der Waals surface area (Å²) in [6.07, 6.45) is 2.99. The fourth-order valence-electron chi connectivity index (χ4n) is 3.19. The summed E-state index contributed by atoms with van der Waals surface area (Å²) < 4.78 is 27.8. The Morgan fingerprint density at radius 1 is 0.964 bits per heavy atom. The number of carbonyl (C=O) groups excluding carboxylic acids is 1. The number of piperidine rings is 1. The van der Waals surface area contributed by atoms with Crippen molar-refractivity contribution in [3.8, 4) is 0 Å². The van der Waals surface area contributed by atoms with Gasteiger partial charge in [0.25, 0.3) is 0 Å². The van der Waals surface area contributed by atoms with E-state index in [4.69, 9.17) is 23.2 Å². The molecule has 1 fully saturated rings. The van der Waals surface area contributed by atoms with Crippen LogP contribution in [0.5, 0.6) is 0 Å². The number of carbonyl (C=O) groups is 1. The zero-order valence-electron chi connectivity index (χ0n) is 15.4. The van der Waals surface area contributed by atoms with Crippen LogP contribution in [0.25, 0.3) is 0 Å². The third-order valence-electron chi connectivity index (χ3n) is 4.75. The molecule has 0 saturated carbocycles. The van der Waals surface area contributed by atoms with Crippen molar-refractivity contribution in [2.45, 2.75) is 30.7 Å². The topological polar surface area (TPSA) is 57.7 Å². The zero-order chi connectivity index (χ0) is 20.1. The molecule has 0 spiro atoms. The van der Waals surface area contributed by atoms with E-state index in [1.165, 1.54) is 22.5 Å². The van der Waals surface area contributed by atoms with Crippen molar-refractivity contribution in [2.75, 3.05) is 19.6 Å². The average molecular weight is 441 g/mol. The van der Waals surface area contributed by atoms with Crippen LogP contribution in [-0.2, 0) is 21.4 Å². The van der Waals surface area contributed by atoms with Crippen molar-refractivity contribution >= 4 is 39.1 Å². The second-order valence-corrected chi connectivity index (χ2v) is 9.53. The molecule has 1 heterocycles. The maximum Gasteiger partial charge on any atom is 0.243 e. The number of hydrogen-bond acceptors (Lipinski definition) is 3.